The van der Waals surface area contributed by atoms with Crippen LogP contribution in [-0.2, 0) is 6.54 Å². The number of aromatic nitrogens is 2. The van der Waals surface area contributed by atoms with Crippen molar-refractivity contribution in [3.63, 3.8) is 0 Å². The van der Waals surface area contributed by atoms with Crippen molar-refractivity contribution >= 4 is 34.3 Å². The maximum Gasteiger partial charge on any atom is 0.262 e. The van der Waals surface area contributed by atoms with Crippen LogP contribution in [0, 0.1) is 0 Å². The van der Waals surface area contributed by atoms with Crippen molar-refractivity contribution in [2.24, 2.45) is 0 Å². The molecule has 19 heavy (non-hydrogen) atoms. The van der Waals surface area contributed by atoms with Crippen molar-refractivity contribution in [1.82, 2.24) is 9.55 Å². The molecule has 0 saturated heterocycles. The molecule has 5 heteroatoms. The van der Waals surface area contributed by atoms with Crippen LogP contribution in [0.3, 0.4) is 0 Å². The van der Waals surface area contributed by atoms with Gasteiger partial charge in [0, 0.05) is 17.3 Å². The second kappa shape index (κ2) is 6.26. The molecule has 0 spiro atoms. The van der Waals surface area contributed by atoms with Gasteiger partial charge in [0.1, 0.15) is 0 Å². The molecule has 0 bridgehead atoms. The minimum atomic E-state index is 0.0159. The van der Waals surface area contributed by atoms with Gasteiger partial charge >= 0.3 is 0 Å². The molecule has 0 aliphatic heterocycles. The number of allylic oxidation sites excluding steroid dienone is 1. The average Bonchev–Trinajstić information content (AvgIpc) is 2.39. The molecule has 1 aromatic carbocycles. The van der Waals surface area contributed by atoms with Crippen LogP contribution in [0.25, 0.3) is 10.9 Å². The van der Waals surface area contributed by atoms with Crippen molar-refractivity contribution in [3.8, 4) is 0 Å². The van der Waals surface area contributed by atoms with Crippen LogP contribution in [0.5, 0.6) is 0 Å². The van der Waals surface area contributed by atoms with Gasteiger partial charge in [-0.25, -0.2) is 4.98 Å². The van der Waals surface area contributed by atoms with Crippen molar-refractivity contribution in [2.45, 2.75) is 25.5 Å². The number of fused-ring (bicyclic) bond motifs is 1. The number of benzene rings is 1. The van der Waals surface area contributed by atoms with Gasteiger partial charge in [0.25, 0.3) is 5.56 Å². The predicted octanol–water partition coefficient (Wildman–Crippen LogP) is 3.65. The first-order valence-corrected chi connectivity index (χ1v) is 7.44. The Kier molecular flexibility index (Phi) is 4.66. The molecule has 1 aromatic heterocycles. The Labute approximate surface area is 121 Å². The van der Waals surface area contributed by atoms with Crippen LogP contribution >= 0.6 is 23.4 Å². The summed E-state index contributed by atoms with van der Waals surface area (Å²) in [5.74, 6) is 0.708. The summed E-state index contributed by atoms with van der Waals surface area (Å²) in [4.78, 5) is 16.9. The molecule has 0 unspecified atom stereocenters. The number of hydrogen-bond donors (Lipinski definition) is 0. The minimum absolute atomic E-state index is 0.0159. The van der Waals surface area contributed by atoms with Crippen molar-refractivity contribution in [2.75, 3.05) is 5.75 Å². The highest BCUT2D eigenvalue weighted by atomic mass is 35.5. The fraction of sp³-hybridized carbons (Fsp3) is 0.286. The number of rotatable bonds is 4. The number of nitrogens with zero attached hydrogens (tertiary/aromatic N) is 2. The molecule has 0 atom stereocenters. The van der Waals surface area contributed by atoms with Crippen LogP contribution < -0.4 is 5.56 Å². The van der Waals surface area contributed by atoms with Crippen LogP contribution in [-0.4, -0.2) is 15.3 Å². The first-order chi connectivity index (χ1) is 9.13. The van der Waals surface area contributed by atoms with E-state index < -0.39 is 0 Å². The van der Waals surface area contributed by atoms with Gasteiger partial charge in [-0.05, 0) is 26.0 Å². The molecule has 0 N–H and O–H groups in total. The summed E-state index contributed by atoms with van der Waals surface area (Å²) in [5, 5.41) is 2.15. The smallest absolute Gasteiger partial charge is 0.262 e. The third kappa shape index (κ3) is 3.19. The van der Waals surface area contributed by atoms with E-state index in [1.165, 1.54) is 11.8 Å². The molecule has 0 radical (unpaired) electrons. The van der Waals surface area contributed by atoms with Crippen molar-refractivity contribution in [3.05, 3.63) is 45.7 Å². The molecule has 0 aliphatic carbocycles. The first-order valence-electron chi connectivity index (χ1n) is 6.08. The Morgan fingerprint density at radius 2 is 2.21 bits per heavy atom. The van der Waals surface area contributed by atoms with Gasteiger partial charge in [0.2, 0.25) is 0 Å². The lowest BCUT2D eigenvalue weighted by atomic mass is 10.2. The summed E-state index contributed by atoms with van der Waals surface area (Å²) in [6.45, 7) is 4.40. The molecule has 0 amide bonds. The molecule has 2 aromatic rings. The Bertz CT molecular complexity index is 675. The van der Waals surface area contributed by atoms with E-state index in [9.17, 15) is 4.79 Å². The van der Waals surface area contributed by atoms with Crippen LogP contribution in [0.1, 0.15) is 13.8 Å². The topological polar surface area (TPSA) is 34.9 Å². The summed E-state index contributed by atoms with van der Waals surface area (Å²) in [5.41, 5.74) is 0.758. The summed E-state index contributed by atoms with van der Waals surface area (Å²) in [7, 11) is 0. The van der Waals surface area contributed by atoms with E-state index >= 15 is 0 Å². The zero-order chi connectivity index (χ0) is 13.8. The largest absolute Gasteiger partial charge is 0.287 e. The second-order valence-electron chi connectivity index (χ2n) is 4.06. The monoisotopic (exact) mass is 294 g/mol. The zero-order valence-corrected chi connectivity index (χ0v) is 12.5. The lowest BCUT2D eigenvalue weighted by Gasteiger charge is -2.10. The van der Waals surface area contributed by atoms with E-state index in [2.05, 4.69) is 4.98 Å². The summed E-state index contributed by atoms with van der Waals surface area (Å²) >= 11 is 7.32. The van der Waals surface area contributed by atoms with Gasteiger partial charge in [-0.15, -0.1) is 0 Å². The molecule has 1 heterocycles. The van der Waals surface area contributed by atoms with Crippen LogP contribution in [0.4, 0.5) is 0 Å². The molecule has 0 fully saturated rings. The highest BCUT2D eigenvalue weighted by Gasteiger charge is 2.09. The van der Waals surface area contributed by atoms with Gasteiger partial charge in [-0.1, -0.05) is 41.6 Å². The van der Waals surface area contributed by atoms with Crippen molar-refractivity contribution in [1.29, 1.82) is 0 Å². The van der Waals surface area contributed by atoms with Gasteiger partial charge in [-0.3, -0.25) is 9.36 Å². The van der Waals surface area contributed by atoms with Crippen LogP contribution in [0.15, 0.2) is 45.3 Å². The van der Waals surface area contributed by atoms with E-state index in [4.69, 9.17) is 11.6 Å². The maximum atomic E-state index is 12.3. The van der Waals surface area contributed by atoms with E-state index in [1.807, 2.05) is 44.2 Å². The van der Waals surface area contributed by atoms with Crippen molar-refractivity contribution < 1.29 is 0 Å². The standard InChI is InChI=1S/C14H15ClN2OS/c1-3-17-13(18)11-6-4-5-7-12(11)16-14(17)19-9-8-10(2)15/h4-8H,3,9H2,1-2H3/b10-8-. The number of para-hydroxylation sites is 1. The molecule has 3 nitrogen and oxygen atoms in total. The maximum absolute atomic E-state index is 12.3. The summed E-state index contributed by atoms with van der Waals surface area (Å²) in [6, 6.07) is 7.43. The SMILES string of the molecule is CCn1c(SC/C=C(/C)Cl)nc2ccccc2c1=O. The Hall–Kier alpha value is -1.26. The normalized spacial score (nSPS) is 12.1. The van der Waals surface area contributed by atoms with E-state index in [-0.39, 0.29) is 5.56 Å². The summed E-state index contributed by atoms with van der Waals surface area (Å²) < 4.78 is 1.70. The molecule has 2 rings (SSSR count). The summed E-state index contributed by atoms with van der Waals surface area (Å²) in [6.07, 6.45) is 1.91. The fourth-order valence-electron chi connectivity index (χ4n) is 1.77. The molecule has 0 saturated carbocycles. The zero-order valence-electron chi connectivity index (χ0n) is 10.9. The number of thioether (sulfide) groups is 1. The predicted molar refractivity (Wildman–Crippen MR) is 82.0 cm³/mol. The Morgan fingerprint density at radius 3 is 2.89 bits per heavy atom. The van der Waals surface area contributed by atoms with E-state index in [0.29, 0.717) is 17.7 Å². The van der Waals surface area contributed by atoms with Gasteiger partial charge in [0.15, 0.2) is 5.16 Å². The Morgan fingerprint density at radius 1 is 1.47 bits per heavy atom. The highest BCUT2D eigenvalue weighted by molar-refractivity contribution is 7.99. The Balaban J connectivity index is 2.48. The number of hydrogen-bond acceptors (Lipinski definition) is 3. The third-order valence-electron chi connectivity index (χ3n) is 2.72. The lowest BCUT2D eigenvalue weighted by molar-refractivity contribution is 0.635. The third-order valence-corrected chi connectivity index (χ3v) is 3.78. The second-order valence-corrected chi connectivity index (χ2v) is 5.65. The molecular weight excluding hydrogens is 280 g/mol. The van der Waals surface area contributed by atoms with E-state index in [0.717, 1.165) is 15.7 Å². The van der Waals surface area contributed by atoms with E-state index in [1.54, 1.807) is 4.57 Å². The lowest BCUT2D eigenvalue weighted by Crippen LogP contribution is -2.22. The first kappa shape index (κ1) is 14.2. The molecule has 100 valence electrons. The minimum Gasteiger partial charge on any atom is -0.287 e. The quantitative estimate of drug-likeness (QED) is 0.638. The van der Waals surface area contributed by atoms with Crippen LogP contribution in [0.2, 0.25) is 0 Å². The van der Waals surface area contributed by atoms with Gasteiger partial charge < -0.3 is 0 Å². The fourth-order valence-corrected chi connectivity index (χ4v) is 2.95. The van der Waals surface area contributed by atoms with Gasteiger partial charge in [-0.2, -0.15) is 0 Å². The molecular formula is C14H15ClN2OS. The average molecular weight is 295 g/mol. The molecule has 0 aliphatic rings. The highest BCUT2D eigenvalue weighted by Crippen LogP contribution is 2.18. The van der Waals surface area contributed by atoms with Gasteiger partial charge in [0.05, 0.1) is 10.9 Å². The number of halogens is 1.